The lowest BCUT2D eigenvalue weighted by atomic mass is 9.86. The zero-order valence-electron chi connectivity index (χ0n) is 9.74. The minimum absolute atomic E-state index is 0.490. The zero-order valence-corrected chi connectivity index (χ0v) is 9.74. The van der Waals surface area contributed by atoms with Crippen LogP contribution in [0.15, 0.2) is 0 Å². The van der Waals surface area contributed by atoms with Gasteiger partial charge in [-0.05, 0) is 31.1 Å². The summed E-state index contributed by atoms with van der Waals surface area (Å²) in [6, 6.07) is 0.490. The fraction of sp³-hybridized carbons (Fsp3) is 1.00. The predicted molar refractivity (Wildman–Crippen MR) is 61.2 cm³/mol. The van der Waals surface area contributed by atoms with Gasteiger partial charge in [0.15, 0.2) is 0 Å². The Labute approximate surface area is 92.7 Å². The van der Waals surface area contributed by atoms with Gasteiger partial charge in [-0.3, -0.25) is 11.3 Å². The van der Waals surface area contributed by atoms with E-state index in [-0.39, 0.29) is 0 Å². The van der Waals surface area contributed by atoms with E-state index in [0.29, 0.717) is 12.0 Å². The van der Waals surface area contributed by atoms with Gasteiger partial charge < -0.3 is 4.74 Å². The first-order chi connectivity index (χ1) is 7.35. The van der Waals surface area contributed by atoms with Crippen LogP contribution in [-0.4, -0.2) is 19.3 Å². The number of ether oxygens (including phenoxy) is 1. The number of hydrazine groups is 1. The summed E-state index contributed by atoms with van der Waals surface area (Å²) in [7, 11) is 0. The molecule has 0 amide bonds. The molecule has 3 heteroatoms. The Bertz CT molecular complexity index is 192. The lowest BCUT2D eigenvalue weighted by molar-refractivity contribution is 0.164. The fourth-order valence-electron chi connectivity index (χ4n) is 3.30. The van der Waals surface area contributed by atoms with Gasteiger partial charge in [-0.1, -0.05) is 19.8 Å². The number of nitrogens with one attached hydrogen (secondary N) is 1. The Morgan fingerprint density at radius 3 is 2.73 bits per heavy atom. The molecule has 2 aliphatic rings. The van der Waals surface area contributed by atoms with Gasteiger partial charge in [0, 0.05) is 18.6 Å². The lowest BCUT2D eigenvalue weighted by Gasteiger charge is -2.27. The Morgan fingerprint density at radius 1 is 1.33 bits per heavy atom. The fourth-order valence-corrected chi connectivity index (χ4v) is 3.30. The summed E-state index contributed by atoms with van der Waals surface area (Å²) in [4.78, 5) is 0. The number of hydrogen-bond acceptors (Lipinski definition) is 3. The normalized spacial score (nSPS) is 38.4. The number of nitrogens with two attached hydrogens (primary N) is 1. The van der Waals surface area contributed by atoms with E-state index < -0.39 is 0 Å². The van der Waals surface area contributed by atoms with Crippen molar-refractivity contribution in [2.45, 2.75) is 45.1 Å². The molecule has 2 rings (SSSR count). The third kappa shape index (κ3) is 2.52. The molecule has 1 saturated carbocycles. The van der Waals surface area contributed by atoms with Crippen molar-refractivity contribution in [2.24, 2.45) is 23.6 Å². The van der Waals surface area contributed by atoms with Crippen LogP contribution in [0.4, 0.5) is 0 Å². The van der Waals surface area contributed by atoms with Crippen LogP contribution in [0.1, 0.15) is 39.0 Å². The minimum Gasteiger partial charge on any atom is -0.381 e. The zero-order chi connectivity index (χ0) is 10.7. The van der Waals surface area contributed by atoms with Crippen LogP contribution in [0.25, 0.3) is 0 Å². The highest BCUT2D eigenvalue weighted by atomic mass is 16.5. The number of hydrogen-bond donors (Lipinski definition) is 2. The Hall–Kier alpha value is -0.120. The van der Waals surface area contributed by atoms with Crippen molar-refractivity contribution in [3.63, 3.8) is 0 Å². The first-order valence-corrected chi connectivity index (χ1v) is 6.39. The van der Waals surface area contributed by atoms with Crippen LogP contribution in [0, 0.1) is 17.8 Å². The molecule has 0 radical (unpaired) electrons. The molecular weight excluding hydrogens is 188 g/mol. The average Bonchev–Trinajstić information content (AvgIpc) is 2.89. The van der Waals surface area contributed by atoms with E-state index in [4.69, 9.17) is 10.6 Å². The summed E-state index contributed by atoms with van der Waals surface area (Å²) in [6.45, 7) is 4.13. The molecule has 1 aliphatic carbocycles. The monoisotopic (exact) mass is 212 g/mol. The molecule has 2 fully saturated rings. The van der Waals surface area contributed by atoms with Crippen LogP contribution in [0.3, 0.4) is 0 Å². The highest BCUT2D eigenvalue weighted by Crippen LogP contribution is 2.37. The SMILES string of the molecule is CCC1CCC(C(NN)C2CCOC2)C1. The standard InChI is InChI=1S/C12H24N2O/c1-2-9-3-4-10(7-9)12(14-13)11-5-6-15-8-11/h9-12,14H,2-8,13H2,1H3. The Morgan fingerprint density at radius 2 is 2.20 bits per heavy atom. The van der Waals surface area contributed by atoms with Gasteiger partial charge in [-0.15, -0.1) is 0 Å². The van der Waals surface area contributed by atoms with Crippen molar-refractivity contribution in [1.29, 1.82) is 0 Å². The topological polar surface area (TPSA) is 47.3 Å². The molecule has 0 aromatic heterocycles. The first kappa shape index (κ1) is 11.4. The summed E-state index contributed by atoms with van der Waals surface area (Å²) < 4.78 is 5.46. The lowest BCUT2D eigenvalue weighted by Crippen LogP contribution is -2.45. The predicted octanol–water partition coefficient (Wildman–Crippen LogP) is 1.68. The maximum Gasteiger partial charge on any atom is 0.0510 e. The summed E-state index contributed by atoms with van der Waals surface area (Å²) in [5, 5.41) is 0. The molecule has 15 heavy (non-hydrogen) atoms. The van der Waals surface area contributed by atoms with Crippen molar-refractivity contribution in [3.8, 4) is 0 Å². The summed E-state index contributed by atoms with van der Waals surface area (Å²) in [6.07, 6.45) is 6.62. The van der Waals surface area contributed by atoms with Gasteiger partial charge in [0.1, 0.15) is 0 Å². The first-order valence-electron chi connectivity index (χ1n) is 6.39. The second-order valence-electron chi connectivity index (χ2n) is 5.16. The Kier molecular flexibility index (Phi) is 4.00. The van der Waals surface area contributed by atoms with Crippen molar-refractivity contribution in [1.82, 2.24) is 5.43 Å². The maximum atomic E-state index is 5.71. The number of rotatable bonds is 4. The smallest absolute Gasteiger partial charge is 0.0510 e. The third-order valence-electron chi connectivity index (χ3n) is 4.33. The molecule has 0 aromatic carbocycles. The van der Waals surface area contributed by atoms with Crippen molar-refractivity contribution in [3.05, 3.63) is 0 Å². The highest BCUT2D eigenvalue weighted by molar-refractivity contribution is 4.88. The molecule has 0 spiro atoms. The average molecular weight is 212 g/mol. The van der Waals surface area contributed by atoms with Crippen LogP contribution >= 0.6 is 0 Å². The van der Waals surface area contributed by atoms with E-state index in [1.165, 1.54) is 32.1 Å². The van der Waals surface area contributed by atoms with Gasteiger partial charge in [0.2, 0.25) is 0 Å². The van der Waals surface area contributed by atoms with E-state index in [2.05, 4.69) is 12.3 Å². The van der Waals surface area contributed by atoms with Crippen LogP contribution in [0.2, 0.25) is 0 Å². The largest absolute Gasteiger partial charge is 0.381 e. The molecular formula is C12H24N2O. The van der Waals surface area contributed by atoms with E-state index >= 15 is 0 Å². The molecule has 4 unspecified atom stereocenters. The second-order valence-corrected chi connectivity index (χ2v) is 5.16. The van der Waals surface area contributed by atoms with Gasteiger partial charge in [0.05, 0.1) is 6.61 Å². The molecule has 88 valence electrons. The Balaban J connectivity index is 1.89. The van der Waals surface area contributed by atoms with Gasteiger partial charge in [-0.25, -0.2) is 0 Å². The molecule has 3 N–H and O–H groups in total. The van der Waals surface area contributed by atoms with Crippen LogP contribution < -0.4 is 11.3 Å². The molecule has 4 atom stereocenters. The third-order valence-corrected chi connectivity index (χ3v) is 4.33. The van der Waals surface area contributed by atoms with E-state index in [0.717, 1.165) is 25.0 Å². The molecule has 1 saturated heterocycles. The highest BCUT2D eigenvalue weighted by Gasteiger charge is 2.35. The van der Waals surface area contributed by atoms with Gasteiger partial charge in [-0.2, -0.15) is 0 Å². The summed E-state index contributed by atoms with van der Waals surface area (Å²) >= 11 is 0. The molecule has 0 aromatic rings. The summed E-state index contributed by atoms with van der Waals surface area (Å²) in [5.74, 6) is 8.08. The molecule has 3 nitrogen and oxygen atoms in total. The van der Waals surface area contributed by atoms with Gasteiger partial charge >= 0.3 is 0 Å². The van der Waals surface area contributed by atoms with Crippen LogP contribution in [0.5, 0.6) is 0 Å². The minimum atomic E-state index is 0.490. The van der Waals surface area contributed by atoms with Crippen LogP contribution in [-0.2, 0) is 4.74 Å². The van der Waals surface area contributed by atoms with Crippen molar-refractivity contribution >= 4 is 0 Å². The van der Waals surface area contributed by atoms with Crippen molar-refractivity contribution in [2.75, 3.05) is 13.2 Å². The summed E-state index contributed by atoms with van der Waals surface area (Å²) in [5.41, 5.74) is 3.05. The maximum absolute atomic E-state index is 5.71. The van der Waals surface area contributed by atoms with Gasteiger partial charge in [0.25, 0.3) is 0 Å². The van der Waals surface area contributed by atoms with E-state index in [9.17, 15) is 0 Å². The molecule has 1 heterocycles. The molecule has 0 bridgehead atoms. The second kappa shape index (κ2) is 5.28. The quantitative estimate of drug-likeness (QED) is 0.550. The van der Waals surface area contributed by atoms with E-state index in [1.54, 1.807) is 0 Å². The molecule has 1 aliphatic heterocycles. The van der Waals surface area contributed by atoms with Crippen molar-refractivity contribution < 1.29 is 4.74 Å². The van der Waals surface area contributed by atoms with E-state index in [1.807, 2.05) is 0 Å².